The Bertz CT molecular complexity index is 74.4. The van der Waals surface area contributed by atoms with Crippen molar-refractivity contribution in [2.45, 2.75) is 13.5 Å². The van der Waals surface area contributed by atoms with Gasteiger partial charge in [-0.3, -0.25) is 5.48 Å². The van der Waals surface area contributed by atoms with Gasteiger partial charge < -0.3 is 0 Å². The molecule has 8 heavy (non-hydrogen) atoms. The van der Waals surface area contributed by atoms with E-state index in [-0.39, 0.29) is 0 Å². The first-order valence-electron chi connectivity index (χ1n) is 2.08. The second-order valence-electron chi connectivity index (χ2n) is 0.996. The summed E-state index contributed by atoms with van der Waals surface area (Å²) in [5.41, 5.74) is 1.90. The SMILES string of the molecule is C/C=C\NOC(F)F. The van der Waals surface area contributed by atoms with Gasteiger partial charge in [0.1, 0.15) is 0 Å². The Balaban J connectivity index is 2.93. The fourth-order valence-electron chi connectivity index (χ4n) is 0.159. The molecule has 0 amide bonds. The maximum absolute atomic E-state index is 11.0. The van der Waals surface area contributed by atoms with Gasteiger partial charge >= 0.3 is 6.61 Å². The van der Waals surface area contributed by atoms with Crippen molar-refractivity contribution in [1.82, 2.24) is 5.48 Å². The van der Waals surface area contributed by atoms with Crippen LogP contribution in [-0.2, 0) is 4.84 Å². The minimum absolute atomic E-state index is 1.27. The molecule has 0 saturated carbocycles. The van der Waals surface area contributed by atoms with Gasteiger partial charge in [-0.05, 0) is 6.92 Å². The molecule has 0 saturated heterocycles. The molecule has 4 heteroatoms. The van der Waals surface area contributed by atoms with Crippen molar-refractivity contribution in [3.8, 4) is 0 Å². The van der Waals surface area contributed by atoms with Crippen LogP contribution >= 0.6 is 0 Å². The van der Waals surface area contributed by atoms with E-state index in [1.807, 2.05) is 5.48 Å². The summed E-state index contributed by atoms with van der Waals surface area (Å²) in [5, 5.41) is 0. The van der Waals surface area contributed by atoms with Gasteiger partial charge in [-0.2, -0.15) is 8.78 Å². The highest BCUT2D eigenvalue weighted by atomic mass is 19.3. The molecule has 0 aliphatic rings. The third-order valence-electron chi connectivity index (χ3n) is 0.392. The first-order chi connectivity index (χ1) is 3.77. The van der Waals surface area contributed by atoms with Crippen molar-refractivity contribution in [1.29, 1.82) is 0 Å². The number of nitrogens with one attached hydrogen (secondary N) is 1. The van der Waals surface area contributed by atoms with E-state index < -0.39 is 6.61 Å². The standard InChI is InChI=1S/C4H7F2NO/c1-2-3-7-8-4(5)6/h2-4,7H,1H3/b3-2-. The molecule has 0 radical (unpaired) electrons. The average Bonchev–Trinajstić information content (AvgIpc) is 1.66. The van der Waals surface area contributed by atoms with Crippen LogP contribution in [0.25, 0.3) is 0 Å². The zero-order valence-corrected chi connectivity index (χ0v) is 4.40. The molecule has 1 N–H and O–H groups in total. The summed E-state index contributed by atoms with van der Waals surface area (Å²) in [6.07, 6.45) is 2.81. The predicted octanol–water partition coefficient (Wildman–Crippen LogP) is 1.26. The van der Waals surface area contributed by atoms with E-state index in [2.05, 4.69) is 4.84 Å². The van der Waals surface area contributed by atoms with E-state index >= 15 is 0 Å². The summed E-state index contributed by atoms with van der Waals surface area (Å²) in [6.45, 7) is -1.08. The number of rotatable bonds is 3. The lowest BCUT2D eigenvalue weighted by molar-refractivity contribution is -0.160. The molecule has 2 nitrogen and oxygen atoms in total. The fourth-order valence-corrected chi connectivity index (χ4v) is 0.159. The van der Waals surface area contributed by atoms with Gasteiger partial charge in [-0.25, -0.2) is 4.84 Å². The molecule has 0 aromatic rings. The summed E-state index contributed by atoms with van der Waals surface area (Å²) < 4.78 is 22.1. The maximum atomic E-state index is 11.0. The number of halogens is 2. The quantitative estimate of drug-likeness (QED) is 0.570. The van der Waals surface area contributed by atoms with Crippen LogP contribution in [0.15, 0.2) is 12.3 Å². The molecule has 0 fully saturated rings. The Morgan fingerprint density at radius 2 is 2.25 bits per heavy atom. The summed E-state index contributed by atoms with van der Waals surface area (Å²) in [7, 11) is 0. The van der Waals surface area contributed by atoms with E-state index in [9.17, 15) is 8.78 Å². The molecule has 0 aliphatic carbocycles. The highest BCUT2D eigenvalue weighted by Gasteiger charge is 1.96. The molecule has 0 aromatic heterocycles. The number of hydrogen-bond donors (Lipinski definition) is 1. The summed E-state index contributed by atoms with van der Waals surface area (Å²) in [5.74, 6) is 0. The number of hydrogen-bond acceptors (Lipinski definition) is 2. The van der Waals surface area contributed by atoms with E-state index in [4.69, 9.17) is 0 Å². The molecular weight excluding hydrogens is 116 g/mol. The third-order valence-corrected chi connectivity index (χ3v) is 0.392. The van der Waals surface area contributed by atoms with Gasteiger partial charge in [-0.15, -0.1) is 0 Å². The Hall–Kier alpha value is -0.640. The smallest absolute Gasteiger partial charge is 0.269 e. The van der Waals surface area contributed by atoms with Crippen molar-refractivity contribution >= 4 is 0 Å². The van der Waals surface area contributed by atoms with Crippen LogP contribution in [0.2, 0.25) is 0 Å². The van der Waals surface area contributed by atoms with Crippen molar-refractivity contribution in [2.24, 2.45) is 0 Å². The number of alkyl halides is 2. The molecule has 0 spiro atoms. The third kappa shape index (κ3) is 5.36. The Morgan fingerprint density at radius 1 is 1.62 bits per heavy atom. The van der Waals surface area contributed by atoms with Gasteiger partial charge in [0.15, 0.2) is 0 Å². The zero-order chi connectivity index (χ0) is 6.41. The van der Waals surface area contributed by atoms with Crippen molar-refractivity contribution in [2.75, 3.05) is 0 Å². The highest BCUT2D eigenvalue weighted by molar-refractivity contribution is 4.68. The molecule has 0 unspecified atom stereocenters. The molecular formula is C4H7F2NO. The average molecular weight is 123 g/mol. The fraction of sp³-hybridized carbons (Fsp3) is 0.500. The normalized spacial score (nSPS) is 11.0. The summed E-state index contributed by atoms with van der Waals surface area (Å²) >= 11 is 0. The van der Waals surface area contributed by atoms with E-state index in [1.54, 1.807) is 13.0 Å². The first kappa shape index (κ1) is 7.36. The predicted molar refractivity (Wildman–Crippen MR) is 25.0 cm³/mol. The second-order valence-corrected chi connectivity index (χ2v) is 0.996. The van der Waals surface area contributed by atoms with Gasteiger partial charge in [-0.1, -0.05) is 6.08 Å². The lowest BCUT2D eigenvalue weighted by Crippen LogP contribution is -2.10. The molecule has 0 heterocycles. The largest absolute Gasteiger partial charge is 0.364 e. The molecule has 48 valence electrons. The maximum Gasteiger partial charge on any atom is 0.364 e. The molecule has 0 aliphatic heterocycles. The first-order valence-corrected chi connectivity index (χ1v) is 2.08. The summed E-state index contributed by atoms with van der Waals surface area (Å²) in [6, 6.07) is 0. The lowest BCUT2D eigenvalue weighted by Gasteiger charge is -1.96. The monoisotopic (exact) mass is 123 g/mol. The van der Waals surface area contributed by atoms with Crippen LogP contribution in [0.5, 0.6) is 0 Å². The van der Waals surface area contributed by atoms with Crippen LogP contribution in [-0.4, -0.2) is 6.61 Å². The van der Waals surface area contributed by atoms with Crippen LogP contribution in [0, 0.1) is 0 Å². The number of hydroxylamine groups is 1. The topological polar surface area (TPSA) is 21.3 Å². The van der Waals surface area contributed by atoms with E-state index in [0.29, 0.717) is 0 Å². The Kier molecular flexibility index (Phi) is 4.16. The zero-order valence-electron chi connectivity index (χ0n) is 4.40. The van der Waals surface area contributed by atoms with E-state index in [0.717, 1.165) is 0 Å². The van der Waals surface area contributed by atoms with Crippen molar-refractivity contribution in [3.05, 3.63) is 12.3 Å². The van der Waals surface area contributed by atoms with Gasteiger partial charge in [0.05, 0.1) is 0 Å². The van der Waals surface area contributed by atoms with Crippen LogP contribution in [0.1, 0.15) is 6.92 Å². The lowest BCUT2D eigenvalue weighted by atomic mass is 10.7. The van der Waals surface area contributed by atoms with Crippen molar-refractivity contribution in [3.63, 3.8) is 0 Å². The minimum Gasteiger partial charge on any atom is -0.269 e. The van der Waals surface area contributed by atoms with E-state index in [1.165, 1.54) is 6.20 Å². The summed E-state index contributed by atoms with van der Waals surface area (Å²) in [4.78, 5) is 3.61. The van der Waals surface area contributed by atoms with Gasteiger partial charge in [0, 0.05) is 6.20 Å². The number of allylic oxidation sites excluding steroid dienone is 1. The molecule has 0 bridgehead atoms. The van der Waals surface area contributed by atoms with Crippen LogP contribution < -0.4 is 5.48 Å². The van der Waals surface area contributed by atoms with Crippen LogP contribution in [0.3, 0.4) is 0 Å². The minimum atomic E-state index is -2.76. The highest BCUT2D eigenvalue weighted by Crippen LogP contribution is 1.88. The van der Waals surface area contributed by atoms with Gasteiger partial charge in [0.2, 0.25) is 0 Å². The molecule has 0 atom stereocenters. The van der Waals surface area contributed by atoms with Crippen molar-refractivity contribution < 1.29 is 13.6 Å². The molecule has 0 aromatic carbocycles. The molecule has 0 rings (SSSR count). The van der Waals surface area contributed by atoms with Gasteiger partial charge in [0.25, 0.3) is 0 Å². The van der Waals surface area contributed by atoms with Crippen LogP contribution in [0.4, 0.5) is 8.78 Å². The Morgan fingerprint density at radius 3 is 2.62 bits per heavy atom. The second kappa shape index (κ2) is 4.52. The Labute approximate surface area is 46.1 Å².